The summed E-state index contributed by atoms with van der Waals surface area (Å²) in [6, 6.07) is 0. The molecule has 17 heavy (non-hydrogen) atoms. The lowest BCUT2D eigenvalue weighted by Crippen LogP contribution is -2.39. The zero-order valence-corrected chi connectivity index (χ0v) is 19.8. The largest absolute Gasteiger partial charge is 0.224 e. The maximum absolute atomic E-state index is 12.7. The Hall–Kier alpha value is 2.87. The fraction of sp³-hybridized carbons (Fsp3) is 1.00. The molecule has 0 saturated carbocycles. The van der Waals surface area contributed by atoms with Crippen LogP contribution in [0.4, 0.5) is 0 Å². The Bertz CT molecular complexity index is 319. The Kier molecular flexibility index (Phi) is 8.45. The molecule has 7 heteroatoms. The summed E-state index contributed by atoms with van der Waals surface area (Å²) >= 11 is 8.38. The van der Waals surface area contributed by atoms with Crippen LogP contribution in [0.15, 0.2) is 0 Å². The van der Waals surface area contributed by atoms with Gasteiger partial charge in [-0.1, -0.05) is 27.7 Å². The Balaban J connectivity index is 5.25. The van der Waals surface area contributed by atoms with Gasteiger partial charge in [-0.25, -0.2) is 8.42 Å². The molecule has 2 nitrogen and oxygen atoms in total. The summed E-state index contributed by atoms with van der Waals surface area (Å²) in [7, 11) is -3.18. The number of halogens is 4. The van der Waals surface area contributed by atoms with E-state index in [0.717, 1.165) is 0 Å². The molecule has 104 valence electrons. The Morgan fingerprint density at radius 3 is 1.24 bits per heavy atom. The van der Waals surface area contributed by atoms with Crippen molar-refractivity contribution in [2.75, 3.05) is 0 Å². The number of hydrogen-bond donors (Lipinski definition) is 0. The predicted octanol–water partition coefficient (Wildman–Crippen LogP) is 5.54. The van der Waals surface area contributed by atoms with E-state index in [2.05, 4.69) is 118 Å². The minimum absolute atomic E-state index is 0.376. The van der Waals surface area contributed by atoms with E-state index >= 15 is 0 Å². The lowest BCUT2D eigenvalue weighted by atomic mass is 10.2. The summed E-state index contributed by atoms with van der Waals surface area (Å²) in [5.41, 5.74) is 0. The Labute approximate surface area is 160 Å². The Morgan fingerprint density at radius 1 is 0.824 bits per heavy atom. The van der Waals surface area contributed by atoms with Crippen LogP contribution in [0, 0.1) is 11.8 Å². The predicted molar refractivity (Wildman–Crippen MR) is 109 cm³/mol. The fourth-order valence-electron chi connectivity index (χ4n) is 1.39. The summed E-state index contributed by atoms with van der Waals surface area (Å²) in [6.45, 7) is 8.25. The van der Waals surface area contributed by atoms with Crippen molar-refractivity contribution in [1.29, 1.82) is 0 Å². The summed E-state index contributed by atoms with van der Waals surface area (Å²) < 4.78 is 24.0. The van der Waals surface area contributed by atoms with Gasteiger partial charge in [-0.2, -0.15) is 0 Å². The lowest BCUT2D eigenvalue weighted by molar-refractivity contribution is 0.546. The lowest BCUT2D eigenvalue weighted by Gasteiger charge is -2.32. The molecule has 0 atom stereocenters. The van der Waals surface area contributed by atoms with Crippen LogP contribution >= 0.6 is 90.4 Å². The molecule has 0 aliphatic carbocycles. The molecule has 0 radical (unpaired) electrons. The van der Waals surface area contributed by atoms with Gasteiger partial charge in [0, 0.05) is 0 Å². The first kappa shape index (κ1) is 19.9. The van der Waals surface area contributed by atoms with Gasteiger partial charge in [-0.3, -0.25) is 0 Å². The minimum atomic E-state index is -3.18. The zero-order chi connectivity index (χ0) is 14.1. The van der Waals surface area contributed by atoms with E-state index in [9.17, 15) is 8.42 Å². The van der Waals surface area contributed by atoms with E-state index in [1.165, 1.54) is 0 Å². The molecule has 0 rings (SSSR count). The first-order chi connectivity index (χ1) is 7.33. The molecular formula is C10H18I4O2S. The van der Waals surface area contributed by atoms with Gasteiger partial charge in [-0.15, -0.1) is 0 Å². The molecule has 0 aromatic carbocycles. The molecule has 0 spiro atoms. The monoisotopic (exact) mass is 710 g/mol. The normalized spacial score (nSPS) is 14.7. The molecule has 0 aromatic heterocycles. The van der Waals surface area contributed by atoms with Crippen molar-refractivity contribution >= 4 is 100 Å². The maximum Gasteiger partial charge on any atom is 0.198 e. The number of alkyl halides is 4. The molecule has 0 bridgehead atoms. The van der Waals surface area contributed by atoms with Crippen LogP contribution in [0.2, 0.25) is 0 Å². The van der Waals surface area contributed by atoms with Crippen molar-refractivity contribution < 1.29 is 8.42 Å². The number of rotatable bonds is 6. The second kappa shape index (κ2) is 7.23. The van der Waals surface area contributed by atoms with E-state index in [0.29, 0.717) is 24.7 Å². The number of sulfone groups is 1. The van der Waals surface area contributed by atoms with Crippen molar-refractivity contribution in [3.8, 4) is 0 Å². The van der Waals surface area contributed by atoms with Crippen LogP contribution in [-0.4, -0.2) is 9.94 Å². The van der Waals surface area contributed by atoms with E-state index in [1.807, 2.05) is 0 Å². The number of hydrogen-bond acceptors (Lipinski definition) is 2. The third kappa shape index (κ3) is 5.64. The van der Waals surface area contributed by atoms with Gasteiger partial charge in [0.05, 0.1) is 0 Å². The van der Waals surface area contributed by atoms with Gasteiger partial charge >= 0.3 is 0 Å². The molecule has 0 saturated heterocycles. The van der Waals surface area contributed by atoms with Gasteiger partial charge in [0.1, 0.15) is 0 Å². The van der Waals surface area contributed by atoms with E-state index in [-0.39, 0.29) is 0 Å². The quantitative estimate of drug-likeness (QED) is 0.268. The molecular weight excluding hydrogens is 692 g/mol. The van der Waals surface area contributed by atoms with Crippen molar-refractivity contribution in [3.63, 3.8) is 0 Å². The van der Waals surface area contributed by atoms with Gasteiger partial charge in [0.25, 0.3) is 0 Å². The fourth-order valence-corrected chi connectivity index (χ4v) is 16.0. The highest BCUT2D eigenvalue weighted by Gasteiger charge is 2.51. The van der Waals surface area contributed by atoms with Crippen LogP contribution in [-0.2, 0) is 9.84 Å². The molecule has 0 unspecified atom stereocenters. The summed E-state index contributed by atoms with van der Waals surface area (Å²) in [5, 5.41) is 0. The van der Waals surface area contributed by atoms with Crippen LogP contribution in [0.5, 0.6) is 0 Å². The van der Waals surface area contributed by atoms with Crippen molar-refractivity contribution in [3.05, 3.63) is 0 Å². The zero-order valence-electron chi connectivity index (χ0n) is 10.3. The molecule has 0 fully saturated rings. The molecule has 0 N–H and O–H groups in total. The van der Waals surface area contributed by atoms with Gasteiger partial charge in [0.15, 0.2) is 11.4 Å². The molecule has 0 amide bonds. The van der Waals surface area contributed by atoms with Crippen LogP contribution in [0.1, 0.15) is 40.5 Å². The van der Waals surface area contributed by atoms with Gasteiger partial charge in [-0.05, 0) is 115 Å². The van der Waals surface area contributed by atoms with Crippen molar-refractivity contribution in [1.82, 2.24) is 0 Å². The first-order valence-electron chi connectivity index (χ1n) is 5.33. The van der Waals surface area contributed by atoms with Crippen molar-refractivity contribution in [2.45, 2.75) is 42.1 Å². The highest BCUT2D eigenvalue weighted by atomic mass is 127. The first-order valence-corrected chi connectivity index (χ1v) is 11.1. The van der Waals surface area contributed by atoms with Crippen molar-refractivity contribution in [2.24, 2.45) is 11.8 Å². The third-order valence-electron chi connectivity index (χ3n) is 2.08. The Morgan fingerprint density at radius 2 is 1.06 bits per heavy atom. The maximum atomic E-state index is 12.7. The summed E-state index contributed by atoms with van der Waals surface area (Å²) in [4.78, 5) is 0. The van der Waals surface area contributed by atoms with Crippen LogP contribution < -0.4 is 0 Å². The summed E-state index contributed by atoms with van der Waals surface area (Å²) in [6.07, 6.45) is 1.37. The molecule has 0 aliphatic rings. The molecule has 0 heterocycles. The summed E-state index contributed by atoms with van der Waals surface area (Å²) in [5.74, 6) is 0.752. The van der Waals surface area contributed by atoms with E-state index in [1.54, 1.807) is 0 Å². The standard InChI is InChI=1S/C10H18I4O2S/c1-7(2)5-9(11,12)17(15,16)10(13,14)6-8(3)4/h7-8H,5-6H2,1-4H3. The minimum Gasteiger partial charge on any atom is -0.224 e. The second-order valence-corrected chi connectivity index (χ2v) is 21.8. The second-order valence-electron chi connectivity index (χ2n) is 4.97. The molecule has 0 aliphatic heterocycles. The average molecular weight is 710 g/mol. The highest BCUT2D eigenvalue weighted by molar-refractivity contribution is 14.2. The van der Waals surface area contributed by atoms with E-state index in [4.69, 9.17) is 0 Å². The smallest absolute Gasteiger partial charge is 0.198 e. The van der Waals surface area contributed by atoms with Gasteiger partial charge in [0.2, 0.25) is 0 Å². The third-order valence-corrected chi connectivity index (χ3v) is 12.7. The van der Waals surface area contributed by atoms with Crippen LogP contribution in [0.3, 0.4) is 0 Å². The van der Waals surface area contributed by atoms with E-state index < -0.39 is 11.4 Å². The average Bonchev–Trinajstić information content (AvgIpc) is 1.97. The topological polar surface area (TPSA) is 34.1 Å². The van der Waals surface area contributed by atoms with Gasteiger partial charge < -0.3 is 0 Å². The SMILES string of the molecule is CC(C)CC(I)(I)S(=O)(=O)C(I)(I)CC(C)C. The highest BCUT2D eigenvalue weighted by Crippen LogP contribution is 2.52. The molecule has 0 aromatic rings. The van der Waals surface area contributed by atoms with Crippen LogP contribution in [0.25, 0.3) is 0 Å².